The minimum atomic E-state index is -0.645. The van der Waals surface area contributed by atoms with Gasteiger partial charge < -0.3 is 4.84 Å². The highest BCUT2D eigenvalue weighted by Gasteiger charge is 2.33. The minimum Gasteiger partial charge on any atom is -0.313 e. The lowest BCUT2D eigenvalue weighted by Gasteiger charge is -2.26. The number of nitrogens with zero attached hydrogens (tertiary/aromatic N) is 2. The Balaban J connectivity index is 1.91. The molecule has 0 saturated carbocycles. The molecule has 0 N–H and O–H groups in total. The number of hydrogen-bond acceptors (Lipinski definition) is 5. The van der Waals surface area contributed by atoms with Gasteiger partial charge in [0.05, 0.1) is 16.2 Å². The molecule has 158 valence electrons. The molecule has 30 heavy (non-hydrogen) atoms. The van der Waals surface area contributed by atoms with Gasteiger partial charge in [-0.2, -0.15) is 0 Å². The van der Waals surface area contributed by atoms with Crippen LogP contribution in [0.15, 0.2) is 41.6 Å². The summed E-state index contributed by atoms with van der Waals surface area (Å²) in [7, 11) is 0. The van der Waals surface area contributed by atoms with Gasteiger partial charge in [-0.05, 0) is 65.5 Å². The van der Waals surface area contributed by atoms with Crippen molar-refractivity contribution in [1.29, 1.82) is 0 Å². The Morgan fingerprint density at radius 3 is 2.37 bits per heavy atom. The van der Waals surface area contributed by atoms with Crippen molar-refractivity contribution in [3.05, 3.63) is 74.3 Å². The summed E-state index contributed by atoms with van der Waals surface area (Å²) in [4.78, 5) is 27.7. The summed E-state index contributed by atoms with van der Waals surface area (Å²) in [5.74, 6) is -0.645. The van der Waals surface area contributed by atoms with Crippen LogP contribution in [0.25, 0.3) is 0 Å². The van der Waals surface area contributed by atoms with Crippen molar-refractivity contribution in [1.82, 2.24) is 0 Å². The fraction of sp³-hybridized carbons (Fsp3) is 0.417. The summed E-state index contributed by atoms with van der Waals surface area (Å²) < 4.78 is 0. The summed E-state index contributed by atoms with van der Waals surface area (Å²) in [6, 6.07) is 9.74. The first-order valence-corrected chi connectivity index (χ1v) is 10.1. The molecule has 0 spiro atoms. The monoisotopic (exact) mass is 408 g/mol. The third kappa shape index (κ3) is 4.27. The summed E-state index contributed by atoms with van der Waals surface area (Å²) in [6.07, 6.45) is 2.03. The first-order chi connectivity index (χ1) is 13.9. The van der Waals surface area contributed by atoms with Gasteiger partial charge in [-0.1, -0.05) is 45.8 Å². The van der Waals surface area contributed by atoms with Crippen LogP contribution in [0.5, 0.6) is 0 Å². The molecular formula is C24H28N2O4. The van der Waals surface area contributed by atoms with Gasteiger partial charge in [0.25, 0.3) is 5.69 Å². The molecule has 1 aliphatic rings. The molecule has 0 saturated heterocycles. The number of fused-ring (bicyclic) bond motifs is 1. The van der Waals surface area contributed by atoms with Crippen molar-refractivity contribution in [3.8, 4) is 0 Å². The predicted molar refractivity (Wildman–Crippen MR) is 117 cm³/mol. The Morgan fingerprint density at radius 2 is 1.80 bits per heavy atom. The lowest BCUT2D eigenvalue weighted by Crippen LogP contribution is -2.18. The van der Waals surface area contributed by atoms with E-state index < -0.39 is 10.9 Å². The van der Waals surface area contributed by atoms with Crippen molar-refractivity contribution in [2.75, 3.05) is 0 Å². The predicted octanol–water partition coefficient (Wildman–Crippen LogP) is 5.70. The van der Waals surface area contributed by atoms with E-state index in [1.54, 1.807) is 0 Å². The lowest BCUT2D eigenvalue weighted by atomic mass is 9.79. The maximum absolute atomic E-state index is 12.3. The molecule has 0 unspecified atom stereocenters. The first-order valence-electron chi connectivity index (χ1n) is 10.1. The Hall–Kier alpha value is -3.02. The van der Waals surface area contributed by atoms with Gasteiger partial charge >= 0.3 is 5.97 Å². The van der Waals surface area contributed by atoms with Gasteiger partial charge in [0, 0.05) is 17.7 Å². The van der Waals surface area contributed by atoms with Crippen molar-refractivity contribution in [2.24, 2.45) is 5.16 Å². The molecule has 1 aliphatic carbocycles. The minimum absolute atomic E-state index is 0.0157. The number of carbonyl (C=O) groups excluding carboxylic acids is 1. The third-order valence-electron chi connectivity index (χ3n) is 5.81. The number of hydrogen-bond donors (Lipinski definition) is 0. The van der Waals surface area contributed by atoms with E-state index in [2.05, 4.69) is 51.9 Å². The molecule has 2 aromatic rings. The van der Waals surface area contributed by atoms with E-state index in [0.29, 0.717) is 5.71 Å². The van der Waals surface area contributed by atoms with Gasteiger partial charge in [0.1, 0.15) is 0 Å². The Morgan fingerprint density at radius 1 is 1.17 bits per heavy atom. The van der Waals surface area contributed by atoms with Crippen molar-refractivity contribution < 1.29 is 14.6 Å². The second-order valence-corrected chi connectivity index (χ2v) is 9.54. The van der Waals surface area contributed by atoms with Crippen molar-refractivity contribution in [3.63, 3.8) is 0 Å². The molecule has 3 rings (SSSR count). The Kier molecular flexibility index (Phi) is 5.54. The summed E-state index contributed by atoms with van der Waals surface area (Å²) in [6.45, 7) is 12.9. The van der Waals surface area contributed by atoms with Crippen LogP contribution < -0.4 is 0 Å². The molecule has 6 nitrogen and oxygen atoms in total. The molecule has 0 aliphatic heterocycles. The largest absolute Gasteiger partial charge is 0.365 e. The highest BCUT2D eigenvalue weighted by Crippen LogP contribution is 2.42. The fourth-order valence-electron chi connectivity index (χ4n) is 3.80. The zero-order chi connectivity index (χ0) is 22.3. The highest BCUT2D eigenvalue weighted by atomic mass is 16.7. The average Bonchev–Trinajstić information content (AvgIpc) is 2.99. The van der Waals surface area contributed by atoms with E-state index in [4.69, 9.17) is 4.84 Å². The van der Waals surface area contributed by atoms with Crippen LogP contribution in [0.2, 0.25) is 0 Å². The van der Waals surface area contributed by atoms with Crippen LogP contribution in [0, 0.1) is 10.1 Å². The molecule has 0 aromatic heterocycles. The van der Waals surface area contributed by atoms with Gasteiger partial charge in [0.2, 0.25) is 0 Å². The van der Waals surface area contributed by atoms with Crippen LogP contribution in [0.4, 0.5) is 5.69 Å². The number of nitro groups is 1. The first kappa shape index (κ1) is 21.7. The molecular weight excluding hydrogens is 380 g/mol. The van der Waals surface area contributed by atoms with E-state index in [-0.39, 0.29) is 22.1 Å². The molecule has 0 radical (unpaired) electrons. The van der Waals surface area contributed by atoms with E-state index in [0.717, 1.165) is 18.4 Å². The molecule has 0 fully saturated rings. The van der Waals surface area contributed by atoms with Crippen LogP contribution in [-0.4, -0.2) is 16.6 Å². The second-order valence-electron chi connectivity index (χ2n) is 9.54. The SMILES string of the molecule is CC(=NOC(=O)c1ccc([N+](=O)[O-])cc1)c1cc(C(C)(C)C)cc2c1CCC2(C)C. The number of rotatable bonds is 4. The normalized spacial score (nSPS) is 15.6. The molecule has 2 aromatic carbocycles. The molecule has 6 heteroatoms. The van der Waals surface area contributed by atoms with Gasteiger partial charge in [-0.15, -0.1) is 0 Å². The standard InChI is InChI=1S/C24H28N2O4/c1-15(25-30-22(27)16-7-9-18(10-8-16)26(28)29)20-13-17(23(2,3)4)14-21-19(20)11-12-24(21,5)6/h7-10,13-14H,11-12H2,1-6H3. The number of non-ortho nitro benzene ring substituents is 1. The second kappa shape index (κ2) is 7.67. The number of benzene rings is 2. The molecule has 0 atom stereocenters. The van der Waals surface area contributed by atoms with E-state index in [9.17, 15) is 14.9 Å². The van der Waals surface area contributed by atoms with Gasteiger partial charge in [-0.25, -0.2) is 4.79 Å². The summed E-state index contributed by atoms with van der Waals surface area (Å²) in [5, 5.41) is 14.9. The topological polar surface area (TPSA) is 81.8 Å². The molecule has 0 bridgehead atoms. The fourth-order valence-corrected chi connectivity index (χ4v) is 3.80. The highest BCUT2D eigenvalue weighted by molar-refractivity contribution is 6.01. The number of oxime groups is 1. The van der Waals surface area contributed by atoms with Crippen LogP contribution in [-0.2, 0) is 22.1 Å². The van der Waals surface area contributed by atoms with E-state index in [1.165, 1.54) is 41.0 Å². The quantitative estimate of drug-likeness (QED) is 0.281. The Bertz CT molecular complexity index is 1030. The zero-order valence-corrected chi connectivity index (χ0v) is 18.4. The third-order valence-corrected chi connectivity index (χ3v) is 5.81. The van der Waals surface area contributed by atoms with Crippen LogP contribution in [0.3, 0.4) is 0 Å². The van der Waals surface area contributed by atoms with Crippen molar-refractivity contribution >= 4 is 17.4 Å². The summed E-state index contributed by atoms with van der Waals surface area (Å²) in [5.41, 5.74) is 5.70. The van der Waals surface area contributed by atoms with E-state index in [1.807, 2.05) is 6.92 Å². The lowest BCUT2D eigenvalue weighted by molar-refractivity contribution is -0.384. The average molecular weight is 408 g/mol. The van der Waals surface area contributed by atoms with Gasteiger partial charge in [0.15, 0.2) is 0 Å². The molecule has 0 amide bonds. The molecule has 0 heterocycles. The van der Waals surface area contributed by atoms with E-state index >= 15 is 0 Å². The van der Waals surface area contributed by atoms with Gasteiger partial charge in [-0.3, -0.25) is 10.1 Å². The summed E-state index contributed by atoms with van der Waals surface area (Å²) >= 11 is 0. The zero-order valence-electron chi connectivity index (χ0n) is 18.4. The maximum atomic E-state index is 12.3. The number of nitro benzene ring substituents is 1. The van der Waals surface area contributed by atoms with Crippen LogP contribution in [0.1, 0.15) is 80.6 Å². The van der Waals surface area contributed by atoms with Crippen LogP contribution >= 0.6 is 0 Å². The number of carbonyl (C=O) groups is 1. The van der Waals surface area contributed by atoms with Crippen molar-refractivity contribution in [2.45, 2.75) is 65.2 Å². The Labute approximate surface area is 177 Å². The maximum Gasteiger partial charge on any atom is 0.365 e. The smallest absolute Gasteiger partial charge is 0.313 e.